The predicted molar refractivity (Wildman–Crippen MR) is 110 cm³/mol. The minimum absolute atomic E-state index is 0.0259. The number of nitrogens with one attached hydrogen (secondary N) is 1. The van der Waals surface area contributed by atoms with E-state index in [4.69, 9.17) is 14.9 Å². The van der Waals surface area contributed by atoms with E-state index in [0.29, 0.717) is 6.42 Å². The maximum atomic E-state index is 14.9. The van der Waals surface area contributed by atoms with Gasteiger partial charge < -0.3 is 9.47 Å². The summed E-state index contributed by atoms with van der Waals surface area (Å²) in [6, 6.07) is 14.0. The van der Waals surface area contributed by atoms with Crippen molar-refractivity contribution >= 4 is 5.90 Å². The molecular formula is C25H15F5N4O2. The summed E-state index contributed by atoms with van der Waals surface area (Å²) in [6.07, 6.45) is -1.97. The first kappa shape index (κ1) is 23.7. The Morgan fingerprint density at radius 3 is 2.00 bits per heavy atom. The third kappa shape index (κ3) is 2.62. The monoisotopic (exact) mass is 498 g/mol. The minimum atomic E-state index is -2.87. The number of halogens is 5. The van der Waals surface area contributed by atoms with Gasteiger partial charge in [-0.2, -0.15) is 15.8 Å². The average molecular weight is 498 g/mol. The molecule has 3 fully saturated rings. The van der Waals surface area contributed by atoms with Crippen molar-refractivity contribution in [2.75, 3.05) is 0 Å². The van der Waals surface area contributed by atoms with Crippen LogP contribution in [0.4, 0.5) is 22.0 Å². The maximum absolute atomic E-state index is 14.9. The maximum Gasteiger partial charge on any atom is 0.217 e. The Bertz CT molecular complexity index is 1390. The summed E-state index contributed by atoms with van der Waals surface area (Å²) < 4.78 is 83.3. The molecule has 2 saturated heterocycles. The van der Waals surface area contributed by atoms with E-state index in [1.165, 1.54) is 0 Å². The molecule has 5 unspecified atom stereocenters. The lowest BCUT2D eigenvalue weighted by Crippen LogP contribution is -2.61. The van der Waals surface area contributed by atoms with Gasteiger partial charge in [-0.15, -0.1) is 0 Å². The smallest absolute Gasteiger partial charge is 0.217 e. The van der Waals surface area contributed by atoms with Gasteiger partial charge in [0.2, 0.25) is 22.9 Å². The molecule has 2 heterocycles. The second-order valence-corrected chi connectivity index (χ2v) is 9.11. The van der Waals surface area contributed by atoms with Crippen LogP contribution in [0.25, 0.3) is 0 Å². The highest BCUT2D eigenvalue weighted by atomic mass is 19.2. The summed E-state index contributed by atoms with van der Waals surface area (Å²) in [7, 11) is 0. The standard InChI is InChI=1S/C25H15F5N4O2/c26-16-15(17(27)19(29)20(30)18(16)28)21-23(9-31,10-32)24(11-33)14-8-13(12-4-2-1-3-5-12)6-7-25(14,35-21)36-22(24)34/h1-5,13-14,21,34H,6-8H2. The zero-order chi connectivity index (χ0) is 26.0. The molecule has 0 spiro atoms. The quantitative estimate of drug-likeness (QED) is 0.344. The van der Waals surface area contributed by atoms with Crippen molar-refractivity contribution in [3.63, 3.8) is 0 Å². The normalized spacial score (nSPS) is 31.9. The molecule has 1 N–H and O–H groups in total. The van der Waals surface area contributed by atoms with Crippen LogP contribution in [-0.2, 0) is 9.47 Å². The fraction of sp³-hybridized carbons (Fsp3) is 0.360. The Morgan fingerprint density at radius 1 is 0.861 bits per heavy atom. The van der Waals surface area contributed by atoms with Crippen molar-refractivity contribution in [3.05, 3.63) is 70.5 Å². The number of hydrogen-bond acceptors (Lipinski definition) is 6. The summed E-state index contributed by atoms with van der Waals surface area (Å²) in [5.74, 6) is -15.6. The molecule has 5 atom stereocenters. The summed E-state index contributed by atoms with van der Waals surface area (Å²) in [4.78, 5) is 0. The molecule has 3 aliphatic rings. The summed E-state index contributed by atoms with van der Waals surface area (Å²) in [5, 5.41) is 39.2. The molecule has 2 aromatic carbocycles. The lowest BCUT2D eigenvalue weighted by molar-refractivity contribution is -0.297. The average Bonchev–Trinajstić information content (AvgIpc) is 3.10. The van der Waals surface area contributed by atoms with Crippen molar-refractivity contribution in [3.8, 4) is 18.2 Å². The molecule has 2 bridgehead atoms. The fourth-order valence-electron chi connectivity index (χ4n) is 5.98. The molecule has 1 saturated carbocycles. The molecule has 2 aliphatic heterocycles. The Hall–Kier alpha value is -4.01. The molecule has 0 aromatic heterocycles. The Balaban J connectivity index is 1.75. The molecule has 0 radical (unpaired) electrons. The third-order valence-corrected chi connectivity index (χ3v) is 7.69. The van der Waals surface area contributed by atoms with Gasteiger partial charge in [-0.25, -0.2) is 22.0 Å². The largest absolute Gasteiger partial charge is 0.447 e. The molecule has 36 heavy (non-hydrogen) atoms. The van der Waals surface area contributed by atoms with Gasteiger partial charge in [0.1, 0.15) is 6.10 Å². The van der Waals surface area contributed by atoms with Crippen LogP contribution < -0.4 is 0 Å². The minimum Gasteiger partial charge on any atom is -0.447 e. The Kier molecular flexibility index (Phi) is 5.10. The highest BCUT2D eigenvalue weighted by Crippen LogP contribution is 2.70. The van der Waals surface area contributed by atoms with E-state index in [-0.39, 0.29) is 18.8 Å². The van der Waals surface area contributed by atoms with E-state index >= 15 is 0 Å². The molecule has 182 valence electrons. The number of nitriles is 3. The summed E-state index contributed by atoms with van der Waals surface area (Å²) in [5.41, 5.74) is -5.96. The first-order chi connectivity index (χ1) is 17.1. The predicted octanol–water partition coefficient (Wildman–Crippen LogP) is 5.28. The van der Waals surface area contributed by atoms with Crippen LogP contribution >= 0.6 is 0 Å². The number of nitrogens with zero attached hydrogens (tertiary/aromatic N) is 3. The van der Waals surface area contributed by atoms with Crippen LogP contribution in [0.15, 0.2) is 30.3 Å². The van der Waals surface area contributed by atoms with Crippen LogP contribution in [0.1, 0.15) is 42.4 Å². The van der Waals surface area contributed by atoms with Gasteiger partial charge in [-0.1, -0.05) is 30.3 Å². The van der Waals surface area contributed by atoms with Gasteiger partial charge in [0.25, 0.3) is 0 Å². The van der Waals surface area contributed by atoms with Crippen molar-refractivity contribution in [2.24, 2.45) is 16.7 Å². The van der Waals surface area contributed by atoms with E-state index in [1.807, 2.05) is 24.3 Å². The van der Waals surface area contributed by atoms with Crippen LogP contribution in [0.2, 0.25) is 0 Å². The van der Waals surface area contributed by atoms with Gasteiger partial charge in [0.05, 0.1) is 29.7 Å². The number of hydrogen-bond donors (Lipinski definition) is 1. The number of rotatable bonds is 2. The third-order valence-electron chi connectivity index (χ3n) is 7.69. The van der Waals surface area contributed by atoms with Crippen LogP contribution in [-0.4, -0.2) is 11.7 Å². The van der Waals surface area contributed by atoms with E-state index in [2.05, 4.69) is 0 Å². The summed E-state index contributed by atoms with van der Waals surface area (Å²) in [6.45, 7) is 0. The molecule has 5 rings (SSSR count). The van der Waals surface area contributed by atoms with Gasteiger partial charge >= 0.3 is 0 Å². The van der Waals surface area contributed by atoms with Gasteiger partial charge in [-0.3, -0.25) is 5.41 Å². The van der Waals surface area contributed by atoms with E-state index in [0.717, 1.165) is 5.56 Å². The first-order valence-corrected chi connectivity index (χ1v) is 10.9. The lowest BCUT2D eigenvalue weighted by Gasteiger charge is -2.52. The van der Waals surface area contributed by atoms with Crippen LogP contribution in [0.3, 0.4) is 0 Å². The second-order valence-electron chi connectivity index (χ2n) is 9.11. The number of ether oxygens (including phenoxy) is 2. The molecular weight excluding hydrogens is 483 g/mol. The molecule has 0 amide bonds. The van der Waals surface area contributed by atoms with Crippen LogP contribution in [0.5, 0.6) is 0 Å². The highest BCUT2D eigenvalue weighted by molar-refractivity contribution is 5.89. The first-order valence-electron chi connectivity index (χ1n) is 10.9. The zero-order valence-corrected chi connectivity index (χ0v) is 18.3. The lowest BCUT2D eigenvalue weighted by atomic mass is 9.50. The fourth-order valence-corrected chi connectivity index (χ4v) is 5.98. The van der Waals surface area contributed by atoms with Crippen molar-refractivity contribution < 1.29 is 31.4 Å². The number of benzene rings is 2. The van der Waals surface area contributed by atoms with E-state index < -0.39 is 69.2 Å². The van der Waals surface area contributed by atoms with Gasteiger partial charge in [-0.05, 0) is 24.3 Å². The van der Waals surface area contributed by atoms with E-state index in [9.17, 15) is 37.7 Å². The van der Waals surface area contributed by atoms with E-state index in [1.54, 1.807) is 24.3 Å². The topological polar surface area (TPSA) is 114 Å². The Morgan fingerprint density at radius 2 is 1.44 bits per heavy atom. The Labute approximate surface area is 201 Å². The zero-order valence-electron chi connectivity index (χ0n) is 18.3. The van der Waals surface area contributed by atoms with Gasteiger partial charge in [0, 0.05) is 6.42 Å². The molecule has 1 aliphatic carbocycles. The van der Waals surface area contributed by atoms with Crippen molar-refractivity contribution in [2.45, 2.75) is 37.1 Å². The van der Waals surface area contributed by atoms with Crippen molar-refractivity contribution in [1.29, 1.82) is 21.2 Å². The SMILES string of the molecule is N#CC1(C#N)C(c2c(F)c(F)c(F)c(F)c2F)OC23CCC(c4ccccc4)CC2C1(C#N)C(=N)O3. The van der Waals surface area contributed by atoms with Gasteiger partial charge in [0.15, 0.2) is 28.7 Å². The molecule has 6 nitrogen and oxygen atoms in total. The summed E-state index contributed by atoms with van der Waals surface area (Å²) >= 11 is 0. The van der Waals surface area contributed by atoms with Crippen LogP contribution in [0, 0.1) is 85.2 Å². The highest BCUT2D eigenvalue weighted by Gasteiger charge is 2.81. The molecule has 2 aromatic rings. The molecule has 11 heteroatoms. The second kappa shape index (κ2) is 7.74. The van der Waals surface area contributed by atoms with Crippen molar-refractivity contribution in [1.82, 2.24) is 0 Å².